The molecule has 0 saturated carbocycles. The summed E-state index contributed by atoms with van der Waals surface area (Å²) in [6.45, 7) is 5.77. The average Bonchev–Trinajstić information content (AvgIpc) is 2.38. The second-order valence-electron chi connectivity index (χ2n) is 5.36. The second kappa shape index (κ2) is 6.60. The van der Waals surface area contributed by atoms with Crippen LogP contribution >= 0.6 is 11.8 Å². The predicted molar refractivity (Wildman–Crippen MR) is 80.1 cm³/mol. The van der Waals surface area contributed by atoms with Crippen LogP contribution in [0.4, 0.5) is 0 Å². The highest BCUT2D eigenvalue weighted by Crippen LogP contribution is 2.17. The van der Waals surface area contributed by atoms with Crippen molar-refractivity contribution in [2.45, 2.75) is 30.8 Å². The van der Waals surface area contributed by atoms with Gasteiger partial charge >= 0.3 is 0 Å². The van der Waals surface area contributed by atoms with Crippen molar-refractivity contribution in [3.8, 4) is 0 Å². The Morgan fingerprint density at radius 2 is 2.06 bits per heavy atom. The lowest BCUT2D eigenvalue weighted by Crippen LogP contribution is -2.46. The highest BCUT2D eigenvalue weighted by atomic mass is 32.2. The van der Waals surface area contributed by atoms with Gasteiger partial charge in [0, 0.05) is 24.0 Å². The fourth-order valence-electron chi connectivity index (χ4n) is 2.65. The molecule has 0 aromatic heterocycles. The van der Waals surface area contributed by atoms with Crippen molar-refractivity contribution in [1.29, 1.82) is 0 Å². The van der Waals surface area contributed by atoms with Crippen molar-refractivity contribution in [3.05, 3.63) is 29.8 Å². The van der Waals surface area contributed by atoms with Crippen molar-refractivity contribution < 1.29 is 0 Å². The summed E-state index contributed by atoms with van der Waals surface area (Å²) in [6.07, 6.45) is 3.38. The van der Waals surface area contributed by atoms with Crippen molar-refractivity contribution in [1.82, 2.24) is 10.2 Å². The van der Waals surface area contributed by atoms with Gasteiger partial charge in [-0.25, -0.2) is 0 Å². The van der Waals surface area contributed by atoms with Crippen molar-refractivity contribution in [2.75, 3.05) is 26.4 Å². The quantitative estimate of drug-likeness (QED) is 0.842. The number of hydrogen-bond donors (Lipinski definition) is 1. The van der Waals surface area contributed by atoms with E-state index >= 15 is 0 Å². The van der Waals surface area contributed by atoms with E-state index < -0.39 is 0 Å². The third-order valence-electron chi connectivity index (χ3n) is 3.84. The number of piperidine rings is 1. The normalized spacial score (nSPS) is 25.3. The molecule has 1 aromatic carbocycles. The zero-order chi connectivity index (χ0) is 13.0. The van der Waals surface area contributed by atoms with Gasteiger partial charge in [0.25, 0.3) is 0 Å². The van der Waals surface area contributed by atoms with Gasteiger partial charge in [0.05, 0.1) is 0 Å². The molecule has 2 unspecified atom stereocenters. The minimum absolute atomic E-state index is 0.668. The van der Waals surface area contributed by atoms with E-state index in [1.807, 2.05) is 0 Å². The molecule has 1 N–H and O–H groups in total. The summed E-state index contributed by atoms with van der Waals surface area (Å²) in [5.74, 6) is 0.745. The van der Waals surface area contributed by atoms with E-state index in [0.717, 1.165) is 12.5 Å². The van der Waals surface area contributed by atoms with Crippen molar-refractivity contribution in [2.24, 2.45) is 5.92 Å². The molecular weight excluding hydrogens is 240 g/mol. The Bertz CT molecular complexity index is 363. The zero-order valence-corrected chi connectivity index (χ0v) is 12.5. The van der Waals surface area contributed by atoms with Crippen LogP contribution in [0.1, 0.15) is 18.9 Å². The molecule has 100 valence electrons. The van der Waals surface area contributed by atoms with E-state index in [4.69, 9.17) is 0 Å². The maximum absolute atomic E-state index is 3.71. The molecule has 1 saturated heterocycles. The van der Waals surface area contributed by atoms with Crippen molar-refractivity contribution >= 4 is 11.8 Å². The Morgan fingerprint density at radius 1 is 1.33 bits per heavy atom. The first-order chi connectivity index (χ1) is 8.69. The van der Waals surface area contributed by atoms with E-state index in [9.17, 15) is 0 Å². The first kappa shape index (κ1) is 13.9. The summed E-state index contributed by atoms with van der Waals surface area (Å²) < 4.78 is 0. The van der Waals surface area contributed by atoms with Gasteiger partial charge in [0.1, 0.15) is 0 Å². The lowest BCUT2D eigenvalue weighted by atomic mass is 9.94. The van der Waals surface area contributed by atoms with Crippen LogP contribution in [0.25, 0.3) is 0 Å². The van der Waals surface area contributed by atoms with Gasteiger partial charge in [0.15, 0.2) is 0 Å². The summed E-state index contributed by atoms with van der Waals surface area (Å²) >= 11 is 1.80. The Morgan fingerprint density at radius 3 is 2.67 bits per heavy atom. The average molecular weight is 264 g/mol. The Labute approximate surface area is 115 Å². The van der Waals surface area contributed by atoms with E-state index in [-0.39, 0.29) is 0 Å². The SMILES string of the molecule is CSc1ccc(CNC2CCN(C)CC2C)cc1. The number of nitrogens with one attached hydrogen (secondary N) is 1. The summed E-state index contributed by atoms with van der Waals surface area (Å²) in [4.78, 5) is 3.77. The molecule has 1 aromatic rings. The summed E-state index contributed by atoms with van der Waals surface area (Å²) in [6, 6.07) is 9.55. The van der Waals surface area contributed by atoms with Crippen LogP contribution in [0, 0.1) is 5.92 Å². The fraction of sp³-hybridized carbons (Fsp3) is 0.600. The van der Waals surface area contributed by atoms with Gasteiger partial charge in [-0.1, -0.05) is 19.1 Å². The molecule has 1 fully saturated rings. The van der Waals surface area contributed by atoms with Crippen molar-refractivity contribution in [3.63, 3.8) is 0 Å². The molecule has 0 spiro atoms. The minimum atomic E-state index is 0.668. The van der Waals surface area contributed by atoms with Crippen LogP contribution in [-0.2, 0) is 6.54 Å². The van der Waals surface area contributed by atoms with Gasteiger partial charge in [-0.05, 0) is 49.9 Å². The third kappa shape index (κ3) is 3.74. The maximum atomic E-state index is 3.71. The number of benzene rings is 1. The van der Waals surface area contributed by atoms with Gasteiger partial charge in [-0.15, -0.1) is 11.8 Å². The molecule has 1 aliphatic heterocycles. The number of thioether (sulfide) groups is 1. The first-order valence-electron chi connectivity index (χ1n) is 6.74. The molecular formula is C15H24N2S. The van der Waals surface area contributed by atoms with E-state index in [0.29, 0.717) is 6.04 Å². The van der Waals surface area contributed by atoms with Crippen LogP contribution in [-0.4, -0.2) is 37.3 Å². The van der Waals surface area contributed by atoms with Crippen LogP contribution < -0.4 is 5.32 Å². The Hall–Kier alpha value is -0.510. The van der Waals surface area contributed by atoms with Gasteiger partial charge in [-0.3, -0.25) is 0 Å². The smallest absolute Gasteiger partial charge is 0.0208 e. The van der Waals surface area contributed by atoms with Crippen LogP contribution in [0.3, 0.4) is 0 Å². The zero-order valence-electron chi connectivity index (χ0n) is 11.6. The van der Waals surface area contributed by atoms with Gasteiger partial charge < -0.3 is 10.2 Å². The van der Waals surface area contributed by atoms with E-state index in [1.54, 1.807) is 11.8 Å². The molecule has 0 radical (unpaired) electrons. The standard InChI is InChI=1S/C15H24N2S/c1-12-11-17(2)9-8-15(12)16-10-13-4-6-14(18-3)7-5-13/h4-7,12,15-16H,8-11H2,1-3H3. The lowest BCUT2D eigenvalue weighted by molar-refractivity contribution is 0.174. The molecule has 2 nitrogen and oxygen atoms in total. The second-order valence-corrected chi connectivity index (χ2v) is 6.24. The number of likely N-dealkylation sites (tertiary alicyclic amines) is 1. The highest BCUT2D eigenvalue weighted by molar-refractivity contribution is 7.98. The first-order valence-corrected chi connectivity index (χ1v) is 7.96. The topological polar surface area (TPSA) is 15.3 Å². The summed E-state index contributed by atoms with van der Waals surface area (Å²) in [5.41, 5.74) is 1.39. The summed E-state index contributed by atoms with van der Waals surface area (Å²) in [5, 5.41) is 3.71. The minimum Gasteiger partial charge on any atom is -0.310 e. The van der Waals surface area contributed by atoms with E-state index in [1.165, 1.54) is 30.0 Å². The Kier molecular flexibility index (Phi) is 5.10. The summed E-state index contributed by atoms with van der Waals surface area (Å²) in [7, 11) is 2.22. The van der Waals surface area contributed by atoms with Gasteiger partial charge in [-0.2, -0.15) is 0 Å². The number of nitrogens with zero attached hydrogens (tertiary/aromatic N) is 1. The number of hydrogen-bond acceptors (Lipinski definition) is 3. The maximum Gasteiger partial charge on any atom is 0.0208 e. The lowest BCUT2D eigenvalue weighted by Gasteiger charge is -2.35. The molecule has 0 bridgehead atoms. The van der Waals surface area contributed by atoms with Gasteiger partial charge in [0.2, 0.25) is 0 Å². The molecule has 18 heavy (non-hydrogen) atoms. The molecule has 1 heterocycles. The van der Waals surface area contributed by atoms with Crippen LogP contribution in [0.2, 0.25) is 0 Å². The molecule has 2 atom stereocenters. The molecule has 3 heteroatoms. The number of rotatable bonds is 4. The highest BCUT2D eigenvalue weighted by Gasteiger charge is 2.23. The predicted octanol–water partition coefficient (Wildman–Crippen LogP) is 2.84. The van der Waals surface area contributed by atoms with Crippen LogP contribution in [0.5, 0.6) is 0 Å². The Balaban J connectivity index is 1.83. The molecule has 2 rings (SSSR count). The van der Waals surface area contributed by atoms with E-state index in [2.05, 4.69) is 54.7 Å². The van der Waals surface area contributed by atoms with Crippen LogP contribution in [0.15, 0.2) is 29.2 Å². The molecule has 0 aliphatic carbocycles. The molecule has 0 amide bonds. The third-order valence-corrected chi connectivity index (χ3v) is 4.58. The molecule has 1 aliphatic rings. The fourth-order valence-corrected chi connectivity index (χ4v) is 3.06. The monoisotopic (exact) mass is 264 g/mol. The largest absolute Gasteiger partial charge is 0.310 e.